The molecule has 7 heteroatoms. The molecule has 0 aliphatic rings. The lowest BCUT2D eigenvalue weighted by molar-refractivity contribution is -0.335. The van der Waals surface area contributed by atoms with Crippen LogP contribution in [0.25, 0.3) is 0 Å². The van der Waals surface area contributed by atoms with Crippen molar-refractivity contribution in [2.24, 2.45) is 0 Å². The average Bonchev–Trinajstić information content (AvgIpc) is 2.91. The van der Waals surface area contributed by atoms with Gasteiger partial charge in [-0.05, 0) is 17.0 Å². The van der Waals surface area contributed by atoms with Gasteiger partial charge in [0.25, 0.3) is 0 Å². The number of hydrogen-bond acceptors (Lipinski definition) is 2. The van der Waals surface area contributed by atoms with Crippen molar-refractivity contribution in [3.63, 3.8) is 0 Å². The Morgan fingerprint density at radius 2 is 1.45 bits per heavy atom. The average molecular weight is 308 g/mol. The minimum Gasteiger partial charge on any atom is -0.374 e. The van der Waals surface area contributed by atoms with Gasteiger partial charge in [-0.15, -0.1) is 11.3 Å². The van der Waals surface area contributed by atoms with Crippen LogP contribution >= 0.6 is 11.3 Å². The molecule has 1 aromatic carbocycles. The van der Waals surface area contributed by atoms with Crippen molar-refractivity contribution in [1.82, 2.24) is 0 Å². The van der Waals surface area contributed by atoms with Gasteiger partial charge in [-0.1, -0.05) is 36.4 Å². The van der Waals surface area contributed by atoms with Crippen molar-refractivity contribution in [2.45, 2.75) is 17.7 Å². The van der Waals surface area contributed by atoms with Crippen molar-refractivity contribution < 1.29 is 27.1 Å². The lowest BCUT2D eigenvalue weighted by atomic mass is 9.85. The van der Waals surface area contributed by atoms with Crippen molar-refractivity contribution in [3.8, 4) is 0 Å². The number of hydrogen-bond donors (Lipinski definition) is 1. The molecule has 1 N–H and O–H groups in total. The maximum atomic E-state index is 13.9. The molecular weight excluding hydrogens is 299 g/mol. The van der Waals surface area contributed by atoms with Crippen LogP contribution in [0.15, 0.2) is 47.8 Å². The predicted molar refractivity (Wildman–Crippen MR) is 64.8 cm³/mol. The Balaban J connectivity index is 2.69. The highest BCUT2D eigenvalue weighted by Gasteiger charge is 2.71. The van der Waals surface area contributed by atoms with E-state index in [1.54, 1.807) is 0 Å². The predicted octanol–water partition coefficient (Wildman–Crippen LogP) is 4.18. The smallest absolute Gasteiger partial charge is 0.374 e. The molecule has 0 saturated heterocycles. The number of rotatable bonds is 3. The first kappa shape index (κ1) is 14.9. The van der Waals surface area contributed by atoms with Gasteiger partial charge < -0.3 is 5.11 Å². The molecule has 108 valence electrons. The van der Waals surface area contributed by atoms with Gasteiger partial charge in [0.05, 0.1) is 0 Å². The fourth-order valence-electron chi connectivity index (χ4n) is 1.85. The van der Waals surface area contributed by atoms with E-state index in [1.165, 1.54) is 29.6 Å². The summed E-state index contributed by atoms with van der Waals surface area (Å²) in [6, 6.07) is 8.49. The first-order valence-electron chi connectivity index (χ1n) is 5.47. The van der Waals surface area contributed by atoms with Crippen LogP contribution in [-0.2, 0) is 5.60 Å². The van der Waals surface area contributed by atoms with Crippen LogP contribution in [-0.4, -0.2) is 17.2 Å². The summed E-state index contributed by atoms with van der Waals surface area (Å²) in [6.07, 6.45) is -5.87. The minimum absolute atomic E-state index is 0.467. The Morgan fingerprint density at radius 1 is 0.850 bits per heavy atom. The molecule has 0 aliphatic heterocycles. The molecule has 0 amide bonds. The van der Waals surface area contributed by atoms with Gasteiger partial charge in [-0.2, -0.15) is 22.0 Å². The molecule has 2 rings (SSSR count). The quantitative estimate of drug-likeness (QED) is 0.843. The van der Waals surface area contributed by atoms with Crippen LogP contribution in [0.4, 0.5) is 22.0 Å². The summed E-state index contributed by atoms with van der Waals surface area (Å²) >= 11 is 0.638. The highest BCUT2D eigenvalue weighted by Crippen LogP contribution is 2.52. The normalized spacial score (nSPS) is 15.9. The van der Waals surface area contributed by atoms with Crippen molar-refractivity contribution >= 4 is 11.3 Å². The second-order valence-electron chi connectivity index (χ2n) is 4.13. The summed E-state index contributed by atoms with van der Waals surface area (Å²) in [6.45, 7) is 0. The number of halogens is 5. The first-order valence-corrected chi connectivity index (χ1v) is 6.35. The van der Waals surface area contributed by atoms with Crippen LogP contribution in [0.2, 0.25) is 0 Å². The number of aliphatic hydroxyl groups is 1. The second kappa shape index (κ2) is 4.82. The Morgan fingerprint density at radius 3 is 1.90 bits per heavy atom. The molecular formula is C13H9F5OS. The lowest BCUT2D eigenvalue weighted by Gasteiger charge is -2.36. The lowest BCUT2D eigenvalue weighted by Crippen LogP contribution is -2.55. The Hall–Kier alpha value is -1.47. The van der Waals surface area contributed by atoms with E-state index < -0.39 is 28.1 Å². The highest BCUT2D eigenvalue weighted by molar-refractivity contribution is 7.10. The van der Waals surface area contributed by atoms with Crippen LogP contribution in [0.3, 0.4) is 0 Å². The number of benzene rings is 1. The zero-order chi connectivity index (χ0) is 15.0. The minimum atomic E-state index is -5.87. The summed E-state index contributed by atoms with van der Waals surface area (Å²) in [5.41, 5.74) is -3.95. The molecule has 20 heavy (non-hydrogen) atoms. The van der Waals surface area contributed by atoms with E-state index in [9.17, 15) is 27.1 Å². The molecule has 0 fully saturated rings. The topological polar surface area (TPSA) is 20.2 Å². The van der Waals surface area contributed by atoms with E-state index in [2.05, 4.69) is 0 Å². The zero-order valence-corrected chi connectivity index (χ0v) is 10.7. The molecule has 0 bridgehead atoms. The molecule has 1 nitrogen and oxygen atoms in total. The third kappa shape index (κ3) is 2.10. The molecule has 0 saturated carbocycles. The largest absolute Gasteiger partial charge is 0.457 e. The fraction of sp³-hybridized carbons (Fsp3) is 0.231. The standard InChI is InChI=1S/C13H9F5OS/c14-12(15,13(16,17)18)11(19,10-7-4-8-20-10)9-5-2-1-3-6-9/h1-8,19H. The fourth-order valence-corrected chi connectivity index (χ4v) is 2.72. The summed E-state index contributed by atoms with van der Waals surface area (Å²) in [5, 5.41) is 11.6. The first-order chi connectivity index (χ1) is 9.21. The molecule has 0 spiro atoms. The summed E-state index contributed by atoms with van der Waals surface area (Å²) in [5.74, 6) is -5.31. The number of thiophene rings is 1. The van der Waals surface area contributed by atoms with Crippen LogP contribution in [0.5, 0.6) is 0 Å². The maximum absolute atomic E-state index is 13.9. The molecule has 1 atom stereocenters. The van der Waals surface area contributed by atoms with Gasteiger partial charge >= 0.3 is 12.1 Å². The second-order valence-corrected chi connectivity index (χ2v) is 5.07. The summed E-state index contributed by atoms with van der Waals surface area (Å²) in [4.78, 5) is -0.467. The Kier molecular flexibility index (Phi) is 3.60. The van der Waals surface area contributed by atoms with Crippen molar-refractivity contribution in [1.29, 1.82) is 0 Å². The van der Waals surface area contributed by atoms with E-state index in [-0.39, 0.29) is 0 Å². The van der Waals surface area contributed by atoms with E-state index in [1.807, 2.05) is 0 Å². The third-order valence-electron chi connectivity index (χ3n) is 2.88. The molecule has 0 aliphatic carbocycles. The zero-order valence-electron chi connectivity index (χ0n) is 9.86. The SMILES string of the molecule is OC(c1ccccc1)(c1cccs1)C(F)(F)C(F)(F)F. The van der Waals surface area contributed by atoms with E-state index in [4.69, 9.17) is 0 Å². The van der Waals surface area contributed by atoms with E-state index in [0.717, 1.165) is 18.2 Å². The molecule has 1 heterocycles. The highest BCUT2D eigenvalue weighted by atomic mass is 32.1. The van der Waals surface area contributed by atoms with E-state index >= 15 is 0 Å². The number of alkyl halides is 5. The third-order valence-corrected chi connectivity index (χ3v) is 3.86. The van der Waals surface area contributed by atoms with Crippen LogP contribution in [0.1, 0.15) is 10.4 Å². The molecule has 1 unspecified atom stereocenters. The van der Waals surface area contributed by atoms with Crippen LogP contribution in [0, 0.1) is 0 Å². The summed E-state index contributed by atoms with van der Waals surface area (Å²) < 4.78 is 65.8. The Bertz CT molecular complexity index is 564. The maximum Gasteiger partial charge on any atom is 0.457 e. The van der Waals surface area contributed by atoms with E-state index in [0.29, 0.717) is 11.3 Å². The molecule has 2 aromatic rings. The van der Waals surface area contributed by atoms with Crippen LogP contribution < -0.4 is 0 Å². The Labute approximate surface area is 115 Å². The van der Waals surface area contributed by atoms with Gasteiger partial charge in [0.1, 0.15) is 0 Å². The summed E-state index contributed by atoms with van der Waals surface area (Å²) in [7, 11) is 0. The van der Waals surface area contributed by atoms with Gasteiger partial charge in [0.2, 0.25) is 0 Å². The van der Waals surface area contributed by atoms with Gasteiger partial charge in [-0.3, -0.25) is 0 Å². The van der Waals surface area contributed by atoms with Gasteiger partial charge in [0, 0.05) is 4.88 Å². The van der Waals surface area contributed by atoms with Crippen molar-refractivity contribution in [3.05, 3.63) is 58.3 Å². The molecule has 0 radical (unpaired) electrons. The van der Waals surface area contributed by atoms with Crippen molar-refractivity contribution in [2.75, 3.05) is 0 Å². The monoisotopic (exact) mass is 308 g/mol. The molecule has 1 aromatic heterocycles. The van der Waals surface area contributed by atoms with Gasteiger partial charge in [-0.25, -0.2) is 0 Å². The van der Waals surface area contributed by atoms with Gasteiger partial charge in [0.15, 0.2) is 5.60 Å².